The number of rotatable bonds is 5. The van der Waals surface area contributed by atoms with Gasteiger partial charge in [-0.1, -0.05) is 34.3 Å². The molecule has 1 rings (SSSR count). The van der Waals surface area contributed by atoms with Crippen LogP contribution in [0, 0.1) is 5.41 Å². The molecule has 3 nitrogen and oxygen atoms in total. The Morgan fingerprint density at radius 3 is 1.96 bits per heavy atom. The molecular weight excluding hydrogens is 303 g/mol. The number of ether oxygens (including phenoxy) is 1. The minimum absolute atomic E-state index is 0.198. The fraction of sp³-hybridized carbons (Fsp3) is 0.789. The molecule has 4 heteroatoms. The van der Waals surface area contributed by atoms with E-state index in [2.05, 4.69) is 67.2 Å². The summed E-state index contributed by atoms with van der Waals surface area (Å²) in [6.07, 6.45) is 2.17. The first kappa shape index (κ1) is 22.3. The SMILES string of the molecule is C=C(N[C@H]1C[C@@H](CP)N(C(=C)C)C1)OC(C)(C)C.CC(C)(C)C. The third-order valence-electron chi connectivity index (χ3n) is 2.97. The number of hydrogen-bond acceptors (Lipinski definition) is 3. The quantitative estimate of drug-likeness (QED) is 0.575. The average Bonchev–Trinajstić information content (AvgIpc) is 2.67. The van der Waals surface area contributed by atoms with Crippen LogP contribution in [0.5, 0.6) is 0 Å². The summed E-state index contributed by atoms with van der Waals surface area (Å²) in [5.41, 5.74) is 1.44. The van der Waals surface area contributed by atoms with Crippen molar-refractivity contribution >= 4 is 9.24 Å². The Labute approximate surface area is 147 Å². The predicted molar refractivity (Wildman–Crippen MR) is 107 cm³/mol. The lowest BCUT2D eigenvalue weighted by molar-refractivity contribution is 0.0387. The first-order chi connectivity index (χ1) is 10.2. The van der Waals surface area contributed by atoms with Crippen LogP contribution in [0.25, 0.3) is 0 Å². The fourth-order valence-electron chi connectivity index (χ4n) is 2.34. The Kier molecular flexibility index (Phi) is 8.70. The highest BCUT2D eigenvalue weighted by molar-refractivity contribution is 7.16. The van der Waals surface area contributed by atoms with Crippen LogP contribution in [0.4, 0.5) is 0 Å². The van der Waals surface area contributed by atoms with Gasteiger partial charge in [0, 0.05) is 24.3 Å². The van der Waals surface area contributed by atoms with Crippen LogP contribution in [0.1, 0.15) is 61.8 Å². The maximum atomic E-state index is 5.71. The Morgan fingerprint density at radius 2 is 1.65 bits per heavy atom. The number of allylic oxidation sites excluding steroid dienone is 1. The molecule has 1 aliphatic heterocycles. The highest BCUT2D eigenvalue weighted by atomic mass is 31.0. The van der Waals surface area contributed by atoms with E-state index in [-0.39, 0.29) is 5.60 Å². The van der Waals surface area contributed by atoms with Gasteiger partial charge < -0.3 is 15.0 Å². The van der Waals surface area contributed by atoms with Crippen molar-refractivity contribution < 1.29 is 4.74 Å². The van der Waals surface area contributed by atoms with E-state index in [9.17, 15) is 0 Å². The van der Waals surface area contributed by atoms with Gasteiger partial charge in [-0.2, -0.15) is 0 Å². The van der Waals surface area contributed by atoms with Crippen molar-refractivity contribution in [3.8, 4) is 0 Å². The lowest BCUT2D eigenvalue weighted by atomic mass is 10.0. The highest BCUT2D eigenvalue weighted by Gasteiger charge is 2.31. The molecule has 0 aromatic heterocycles. The molecule has 0 aliphatic carbocycles. The van der Waals surface area contributed by atoms with Gasteiger partial charge in [-0.15, -0.1) is 9.24 Å². The lowest BCUT2D eigenvalue weighted by Crippen LogP contribution is -2.34. The van der Waals surface area contributed by atoms with Crippen molar-refractivity contribution in [3.05, 3.63) is 24.7 Å². The molecule has 0 amide bonds. The second-order valence-corrected chi connectivity index (χ2v) is 9.46. The number of likely N-dealkylation sites (tertiary alicyclic amines) is 1. The summed E-state index contributed by atoms with van der Waals surface area (Å²) in [4.78, 5) is 2.36. The Balaban J connectivity index is 0.000000841. The summed E-state index contributed by atoms with van der Waals surface area (Å²) in [5, 5.41) is 3.38. The van der Waals surface area contributed by atoms with E-state index < -0.39 is 0 Å². The van der Waals surface area contributed by atoms with Crippen molar-refractivity contribution in [2.45, 2.75) is 79.5 Å². The van der Waals surface area contributed by atoms with Crippen LogP contribution < -0.4 is 5.32 Å². The van der Waals surface area contributed by atoms with E-state index in [1.165, 1.54) is 0 Å². The predicted octanol–water partition coefficient (Wildman–Crippen LogP) is 4.77. The van der Waals surface area contributed by atoms with Crippen LogP contribution in [0.2, 0.25) is 0 Å². The van der Waals surface area contributed by atoms with Gasteiger partial charge in [-0.3, -0.25) is 0 Å². The second-order valence-electron chi connectivity index (χ2n) is 8.99. The van der Waals surface area contributed by atoms with Crippen molar-refractivity contribution in [3.63, 3.8) is 0 Å². The highest BCUT2D eigenvalue weighted by Crippen LogP contribution is 2.24. The van der Waals surface area contributed by atoms with Gasteiger partial charge in [-0.05, 0) is 52.3 Å². The lowest BCUT2D eigenvalue weighted by Gasteiger charge is -2.26. The molecule has 0 radical (unpaired) electrons. The Hall–Kier alpha value is -0.690. The standard InChI is InChI=1S/C14H27N2OP.C5H12/c1-10(2)16-8-12(7-13(16)9-18)15-11(3)17-14(4,5)6;1-5(2,3)4/h12-13,15H,1,3,7-9,18H2,2,4-6H3;1-4H3/t12-,13-;/m0./s1. The summed E-state index contributed by atoms with van der Waals surface area (Å²) in [6, 6.07) is 0.939. The maximum absolute atomic E-state index is 5.71. The average molecular weight is 343 g/mol. The molecule has 0 aromatic rings. The minimum Gasteiger partial charge on any atom is -0.474 e. The summed E-state index contributed by atoms with van der Waals surface area (Å²) >= 11 is 0. The first-order valence-electron chi connectivity index (χ1n) is 8.49. The van der Waals surface area contributed by atoms with E-state index >= 15 is 0 Å². The van der Waals surface area contributed by atoms with Gasteiger partial charge in [0.15, 0.2) is 5.88 Å². The smallest absolute Gasteiger partial charge is 0.180 e. The van der Waals surface area contributed by atoms with Gasteiger partial charge in [0.05, 0.1) is 0 Å². The second kappa shape index (κ2) is 8.97. The largest absolute Gasteiger partial charge is 0.474 e. The van der Waals surface area contributed by atoms with Crippen molar-refractivity contribution in [1.82, 2.24) is 10.2 Å². The molecule has 1 aliphatic rings. The Bertz CT molecular complexity index is 387. The van der Waals surface area contributed by atoms with E-state index in [0.29, 0.717) is 23.4 Å². The maximum Gasteiger partial charge on any atom is 0.180 e. The molecule has 0 aromatic carbocycles. The summed E-state index contributed by atoms with van der Waals surface area (Å²) in [7, 11) is 2.82. The van der Waals surface area contributed by atoms with Gasteiger partial charge in [-0.25, -0.2) is 0 Å². The third-order valence-corrected chi connectivity index (χ3v) is 3.52. The zero-order valence-electron chi connectivity index (χ0n) is 16.6. The molecule has 1 N–H and O–H groups in total. The molecule has 3 atom stereocenters. The van der Waals surface area contributed by atoms with Gasteiger partial charge in [0.2, 0.25) is 0 Å². The number of hydrogen-bond donors (Lipinski definition) is 1. The summed E-state index contributed by atoms with van der Waals surface area (Å²) in [5.74, 6) is 0.665. The molecule has 0 bridgehead atoms. The molecule has 136 valence electrons. The van der Waals surface area contributed by atoms with E-state index in [1.807, 2.05) is 20.8 Å². The molecule has 1 saturated heterocycles. The van der Waals surface area contributed by atoms with Crippen LogP contribution >= 0.6 is 9.24 Å². The van der Waals surface area contributed by atoms with Gasteiger partial charge in [0.25, 0.3) is 0 Å². The van der Waals surface area contributed by atoms with E-state index in [0.717, 1.165) is 24.8 Å². The zero-order chi connectivity index (χ0) is 18.4. The van der Waals surface area contributed by atoms with Crippen LogP contribution in [0.3, 0.4) is 0 Å². The normalized spacial score (nSPS) is 21.3. The Morgan fingerprint density at radius 1 is 1.17 bits per heavy atom. The fourth-order valence-corrected chi connectivity index (χ4v) is 2.79. The summed E-state index contributed by atoms with van der Waals surface area (Å²) < 4.78 is 5.71. The monoisotopic (exact) mass is 342 g/mol. The third kappa shape index (κ3) is 11.5. The van der Waals surface area contributed by atoms with Crippen molar-refractivity contribution in [1.29, 1.82) is 0 Å². The minimum atomic E-state index is -0.198. The molecule has 1 unspecified atom stereocenters. The van der Waals surface area contributed by atoms with Crippen molar-refractivity contribution in [2.24, 2.45) is 5.41 Å². The molecule has 1 heterocycles. The molecule has 23 heavy (non-hydrogen) atoms. The molecular formula is C19H39N2OP. The van der Waals surface area contributed by atoms with Crippen LogP contribution in [0.15, 0.2) is 24.7 Å². The molecule has 0 spiro atoms. The van der Waals surface area contributed by atoms with Crippen molar-refractivity contribution in [2.75, 3.05) is 12.7 Å². The number of nitrogens with one attached hydrogen (secondary N) is 1. The number of nitrogens with zero attached hydrogens (tertiary/aromatic N) is 1. The van der Waals surface area contributed by atoms with E-state index in [1.54, 1.807) is 0 Å². The van der Waals surface area contributed by atoms with Crippen LogP contribution in [-0.2, 0) is 4.74 Å². The topological polar surface area (TPSA) is 24.5 Å². The molecule has 1 fully saturated rings. The van der Waals surface area contributed by atoms with Gasteiger partial charge >= 0.3 is 0 Å². The first-order valence-corrected chi connectivity index (χ1v) is 9.31. The summed E-state index contributed by atoms with van der Waals surface area (Å²) in [6.45, 7) is 25.9. The van der Waals surface area contributed by atoms with Crippen LogP contribution in [-0.4, -0.2) is 35.3 Å². The zero-order valence-corrected chi connectivity index (χ0v) is 17.8. The van der Waals surface area contributed by atoms with E-state index in [4.69, 9.17) is 4.74 Å². The van der Waals surface area contributed by atoms with Gasteiger partial charge in [0.1, 0.15) is 5.60 Å². The molecule has 0 saturated carbocycles.